The van der Waals surface area contributed by atoms with Crippen LogP contribution in [0.1, 0.15) is 5.56 Å². The number of benzene rings is 1. The van der Waals surface area contributed by atoms with E-state index in [0.29, 0.717) is 5.56 Å². The van der Waals surface area contributed by atoms with Crippen LogP contribution in [0.3, 0.4) is 0 Å². The Hall–Kier alpha value is -2.05. The molecule has 0 bridgehead atoms. The van der Waals surface area contributed by atoms with E-state index in [1.165, 1.54) is 5.43 Å². The molecule has 4 nitrogen and oxygen atoms in total. The molecule has 0 atom stereocenters. The minimum absolute atomic E-state index is 0.112. The molecular formula is C10H9F3N2O2. The smallest absolute Gasteiger partial charge is 0.273 e. The summed E-state index contributed by atoms with van der Waals surface area (Å²) in [7, 11) is 0. The van der Waals surface area contributed by atoms with Gasteiger partial charge in [0.15, 0.2) is 0 Å². The molecule has 92 valence electrons. The number of nitrogens with one attached hydrogen (secondary N) is 2. The average molecular weight is 246 g/mol. The van der Waals surface area contributed by atoms with E-state index in [4.69, 9.17) is 0 Å². The van der Waals surface area contributed by atoms with E-state index in [2.05, 4.69) is 0 Å². The van der Waals surface area contributed by atoms with Crippen molar-refractivity contribution in [3.63, 3.8) is 0 Å². The summed E-state index contributed by atoms with van der Waals surface area (Å²) >= 11 is 0. The van der Waals surface area contributed by atoms with Crippen molar-refractivity contribution in [3.05, 3.63) is 35.9 Å². The summed E-state index contributed by atoms with van der Waals surface area (Å²) in [5.41, 5.74) is 3.59. The first kappa shape index (κ1) is 13.0. The average Bonchev–Trinajstić information content (AvgIpc) is 2.26. The fraction of sp³-hybridized carbons (Fsp3) is 0.200. The lowest BCUT2D eigenvalue weighted by Crippen LogP contribution is -2.48. The third-order valence-corrected chi connectivity index (χ3v) is 1.78. The lowest BCUT2D eigenvalue weighted by Gasteiger charge is -2.09. The molecule has 0 aliphatic carbocycles. The fourth-order valence-corrected chi connectivity index (χ4v) is 1.02. The van der Waals surface area contributed by atoms with E-state index in [1.54, 1.807) is 35.8 Å². The summed E-state index contributed by atoms with van der Waals surface area (Å²) in [6.45, 7) is 0. The lowest BCUT2D eigenvalue weighted by molar-refractivity contribution is -0.175. The van der Waals surface area contributed by atoms with Gasteiger partial charge in [0.2, 0.25) is 5.91 Å². The topological polar surface area (TPSA) is 58.2 Å². The van der Waals surface area contributed by atoms with Gasteiger partial charge in [-0.3, -0.25) is 20.4 Å². The van der Waals surface area contributed by atoms with Crippen molar-refractivity contribution in [2.24, 2.45) is 0 Å². The normalized spacial score (nSPS) is 10.8. The van der Waals surface area contributed by atoms with E-state index in [-0.39, 0.29) is 6.42 Å². The van der Waals surface area contributed by atoms with Crippen LogP contribution >= 0.6 is 0 Å². The van der Waals surface area contributed by atoms with E-state index >= 15 is 0 Å². The molecular weight excluding hydrogens is 237 g/mol. The monoisotopic (exact) mass is 246 g/mol. The van der Waals surface area contributed by atoms with Crippen molar-refractivity contribution in [2.45, 2.75) is 12.6 Å². The van der Waals surface area contributed by atoms with Gasteiger partial charge in [0.1, 0.15) is 0 Å². The second-order valence-corrected chi connectivity index (χ2v) is 3.16. The molecule has 2 N–H and O–H groups in total. The van der Waals surface area contributed by atoms with Gasteiger partial charge >= 0.3 is 12.1 Å². The second kappa shape index (κ2) is 5.33. The molecule has 0 aromatic heterocycles. The molecule has 0 fully saturated rings. The van der Waals surface area contributed by atoms with Crippen LogP contribution in [0, 0.1) is 0 Å². The maximum absolute atomic E-state index is 11.8. The number of halogens is 3. The molecule has 1 aromatic rings. The molecule has 0 aliphatic heterocycles. The second-order valence-electron chi connectivity index (χ2n) is 3.16. The van der Waals surface area contributed by atoms with Crippen molar-refractivity contribution < 1.29 is 22.8 Å². The maximum Gasteiger partial charge on any atom is 0.472 e. The van der Waals surface area contributed by atoms with Crippen molar-refractivity contribution in [2.75, 3.05) is 0 Å². The number of alkyl halides is 3. The summed E-state index contributed by atoms with van der Waals surface area (Å²) in [6.07, 6.45) is -5.13. The van der Waals surface area contributed by atoms with Gasteiger partial charge in [-0.1, -0.05) is 30.3 Å². The van der Waals surface area contributed by atoms with Crippen LogP contribution in [0.25, 0.3) is 0 Å². The van der Waals surface area contributed by atoms with Crippen molar-refractivity contribution >= 4 is 11.8 Å². The molecule has 0 saturated heterocycles. The quantitative estimate of drug-likeness (QED) is 0.763. The van der Waals surface area contributed by atoms with Gasteiger partial charge in [-0.2, -0.15) is 13.2 Å². The highest BCUT2D eigenvalue weighted by Crippen LogP contribution is 2.13. The molecule has 0 saturated carbocycles. The minimum Gasteiger partial charge on any atom is -0.273 e. The van der Waals surface area contributed by atoms with Crippen LogP contribution in [-0.4, -0.2) is 18.0 Å². The molecule has 0 spiro atoms. The molecule has 1 aromatic carbocycles. The Bertz CT molecular complexity index is 404. The fourth-order valence-electron chi connectivity index (χ4n) is 1.02. The van der Waals surface area contributed by atoms with Crippen LogP contribution in [0.2, 0.25) is 0 Å². The first-order chi connectivity index (χ1) is 7.89. The van der Waals surface area contributed by atoms with E-state index in [9.17, 15) is 22.8 Å². The molecule has 2 amide bonds. The summed E-state index contributed by atoms with van der Waals surface area (Å²) < 4.78 is 35.3. The number of hydrogen-bond acceptors (Lipinski definition) is 2. The van der Waals surface area contributed by atoms with Crippen LogP contribution in [0.15, 0.2) is 30.3 Å². The van der Waals surface area contributed by atoms with Crippen LogP contribution < -0.4 is 10.9 Å². The van der Waals surface area contributed by atoms with Crippen LogP contribution in [-0.2, 0) is 16.0 Å². The molecule has 17 heavy (non-hydrogen) atoms. The highest BCUT2D eigenvalue weighted by atomic mass is 19.4. The zero-order valence-corrected chi connectivity index (χ0v) is 8.54. The Morgan fingerprint density at radius 1 is 1.06 bits per heavy atom. The third kappa shape index (κ3) is 4.54. The summed E-state index contributed by atoms with van der Waals surface area (Å²) in [6, 6.07) is 8.41. The van der Waals surface area contributed by atoms with E-state index in [0.717, 1.165) is 0 Å². The Morgan fingerprint density at radius 2 is 1.65 bits per heavy atom. The predicted octanol–water partition coefficient (Wildman–Crippen LogP) is 0.939. The SMILES string of the molecule is O=C(Cc1ccccc1)NNC(=O)C(F)(F)F. The number of rotatable bonds is 2. The third-order valence-electron chi connectivity index (χ3n) is 1.78. The minimum atomic E-state index is -5.01. The molecule has 0 heterocycles. The standard InChI is InChI=1S/C10H9F3N2O2/c11-10(12,13)9(17)15-14-8(16)6-7-4-2-1-3-5-7/h1-5H,6H2,(H,14,16)(H,15,17). The Morgan fingerprint density at radius 3 is 2.18 bits per heavy atom. The van der Waals surface area contributed by atoms with Gasteiger partial charge in [-0.25, -0.2) is 0 Å². The maximum atomic E-state index is 11.8. The number of hydrogen-bond donors (Lipinski definition) is 2. The van der Waals surface area contributed by atoms with Crippen molar-refractivity contribution in [1.29, 1.82) is 0 Å². The van der Waals surface area contributed by atoms with Gasteiger partial charge in [0, 0.05) is 0 Å². The highest BCUT2D eigenvalue weighted by molar-refractivity contribution is 5.85. The van der Waals surface area contributed by atoms with Crippen LogP contribution in [0.4, 0.5) is 13.2 Å². The number of hydrazine groups is 1. The summed E-state index contributed by atoms with van der Waals surface area (Å²) in [4.78, 5) is 21.5. The molecule has 0 aliphatic rings. The molecule has 0 radical (unpaired) electrons. The van der Waals surface area contributed by atoms with Gasteiger partial charge < -0.3 is 0 Å². The Balaban J connectivity index is 2.39. The summed E-state index contributed by atoms with van der Waals surface area (Å²) in [5, 5.41) is 0. The van der Waals surface area contributed by atoms with Crippen LogP contribution in [0.5, 0.6) is 0 Å². The molecule has 7 heteroatoms. The van der Waals surface area contributed by atoms with Gasteiger partial charge in [-0.15, -0.1) is 0 Å². The van der Waals surface area contributed by atoms with Crippen molar-refractivity contribution in [1.82, 2.24) is 10.9 Å². The highest BCUT2D eigenvalue weighted by Gasteiger charge is 2.38. The first-order valence-corrected chi connectivity index (χ1v) is 4.59. The van der Waals surface area contributed by atoms with E-state index in [1.807, 2.05) is 0 Å². The largest absolute Gasteiger partial charge is 0.472 e. The first-order valence-electron chi connectivity index (χ1n) is 4.59. The van der Waals surface area contributed by atoms with E-state index < -0.39 is 18.0 Å². The molecule has 1 rings (SSSR count). The number of amides is 2. The Kier molecular flexibility index (Phi) is 4.08. The van der Waals surface area contributed by atoms with Gasteiger partial charge in [0.05, 0.1) is 6.42 Å². The van der Waals surface area contributed by atoms with Gasteiger partial charge in [0.25, 0.3) is 0 Å². The predicted molar refractivity (Wildman–Crippen MR) is 52.5 cm³/mol. The number of carbonyl (C=O) groups is 2. The van der Waals surface area contributed by atoms with Crippen molar-refractivity contribution in [3.8, 4) is 0 Å². The number of carbonyl (C=O) groups excluding carboxylic acids is 2. The Labute approximate surface area is 94.8 Å². The molecule has 0 unspecified atom stereocenters. The lowest BCUT2D eigenvalue weighted by atomic mass is 10.1. The zero-order chi connectivity index (χ0) is 12.9. The zero-order valence-electron chi connectivity index (χ0n) is 8.54. The summed E-state index contributed by atoms with van der Waals surface area (Å²) in [5.74, 6) is -2.94. The van der Waals surface area contributed by atoms with Gasteiger partial charge in [-0.05, 0) is 5.56 Å².